The van der Waals surface area contributed by atoms with Gasteiger partial charge in [-0.05, 0) is 41.9 Å². The van der Waals surface area contributed by atoms with Crippen LogP contribution in [0.15, 0.2) is 18.2 Å². The monoisotopic (exact) mass is 343 g/mol. The molecule has 0 unspecified atom stereocenters. The van der Waals surface area contributed by atoms with Crippen LogP contribution >= 0.6 is 27.5 Å². The van der Waals surface area contributed by atoms with Crippen molar-refractivity contribution in [3.8, 4) is 0 Å². The summed E-state index contributed by atoms with van der Waals surface area (Å²) >= 11 is 9.75. The molecule has 0 aromatic heterocycles. The first-order chi connectivity index (χ1) is 8.91. The second-order valence-corrected chi connectivity index (χ2v) is 7.50. The summed E-state index contributed by atoms with van der Waals surface area (Å²) in [7, 11) is 0. The lowest BCUT2D eigenvalue weighted by molar-refractivity contribution is 0.199. The van der Waals surface area contributed by atoms with Gasteiger partial charge in [0.15, 0.2) is 0 Å². The summed E-state index contributed by atoms with van der Waals surface area (Å²) in [5.74, 6) is 0.834. The molecule has 19 heavy (non-hydrogen) atoms. The third-order valence-corrected chi connectivity index (χ3v) is 5.22. The van der Waals surface area contributed by atoms with Gasteiger partial charge in [0.2, 0.25) is 0 Å². The van der Waals surface area contributed by atoms with Crippen molar-refractivity contribution < 1.29 is 0 Å². The molecule has 1 saturated heterocycles. The number of benzene rings is 1. The predicted octanol–water partition coefficient (Wildman–Crippen LogP) is 5.50. The van der Waals surface area contributed by atoms with Gasteiger partial charge in [0, 0.05) is 29.1 Å². The lowest BCUT2D eigenvalue weighted by Gasteiger charge is -2.39. The van der Waals surface area contributed by atoms with Crippen LogP contribution in [0.25, 0.3) is 0 Å². The van der Waals surface area contributed by atoms with Gasteiger partial charge < -0.3 is 4.90 Å². The highest BCUT2D eigenvalue weighted by atomic mass is 79.9. The van der Waals surface area contributed by atoms with Gasteiger partial charge in [-0.1, -0.05) is 54.4 Å². The van der Waals surface area contributed by atoms with Gasteiger partial charge in [0.1, 0.15) is 0 Å². The molecule has 0 N–H and O–H groups in total. The molecule has 2 rings (SSSR count). The number of rotatable bonds is 2. The van der Waals surface area contributed by atoms with Crippen molar-refractivity contribution in [2.45, 2.75) is 38.9 Å². The Kier molecular flexibility index (Phi) is 4.84. The van der Waals surface area contributed by atoms with E-state index in [1.807, 2.05) is 0 Å². The topological polar surface area (TPSA) is 3.24 Å². The fourth-order valence-corrected chi connectivity index (χ4v) is 3.74. The highest BCUT2D eigenvalue weighted by molar-refractivity contribution is 9.08. The minimum Gasteiger partial charge on any atom is -0.371 e. The summed E-state index contributed by atoms with van der Waals surface area (Å²) < 4.78 is 0. The summed E-state index contributed by atoms with van der Waals surface area (Å²) in [5.41, 5.74) is 2.86. The maximum Gasteiger partial charge on any atom is 0.0467 e. The number of hydrogen-bond donors (Lipinski definition) is 0. The number of piperidine rings is 1. The standard InChI is InChI=1S/C16H23BrClN/c1-16(2,3)13-6-8-19(9-7-13)14-5-4-12(11-17)15(18)10-14/h4-5,10,13H,6-9,11H2,1-3H3. The minimum atomic E-state index is 0.434. The van der Waals surface area contributed by atoms with Gasteiger partial charge in [-0.3, -0.25) is 0 Å². The first-order valence-corrected chi connectivity index (χ1v) is 8.51. The van der Waals surface area contributed by atoms with Crippen LogP contribution in [0, 0.1) is 11.3 Å². The first kappa shape index (κ1) is 15.2. The molecule has 0 saturated carbocycles. The summed E-state index contributed by atoms with van der Waals surface area (Å²) in [5, 5.41) is 1.69. The van der Waals surface area contributed by atoms with Crippen molar-refractivity contribution in [2.24, 2.45) is 11.3 Å². The van der Waals surface area contributed by atoms with Crippen molar-refractivity contribution in [1.82, 2.24) is 0 Å². The molecule has 1 aliphatic rings. The molecule has 0 radical (unpaired) electrons. The smallest absolute Gasteiger partial charge is 0.0467 e. The van der Waals surface area contributed by atoms with Crippen LogP contribution < -0.4 is 4.90 Å². The molecule has 1 aromatic carbocycles. The number of nitrogens with zero attached hydrogens (tertiary/aromatic N) is 1. The van der Waals surface area contributed by atoms with Crippen LogP contribution in [0.1, 0.15) is 39.2 Å². The van der Waals surface area contributed by atoms with Crippen molar-refractivity contribution >= 4 is 33.2 Å². The summed E-state index contributed by atoms with van der Waals surface area (Å²) in [6.07, 6.45) is 2.56. The molecular weight excluding hydrogens is 322 g/mol. The van der Waals surface area contributed by atoms with Gasteiger partial charge in [-0.15, -0.1) is 0 Å². The third kappa shape index (κ3) is 3.66. The Labute approximate surface area is 130 Å². The second-order valence-electron chi connectivity index (χ2n) is 6.54. The Hall–Kier alpha value is -0.210. The van der Waals surface area contributed by atoms with Crippen LogP contribution in [-0.4, -0.2) is 13.1 Å². The highest BCUT2D eigenvalue weighted by Crippen LogP contribution is 2.36. The fraction of sp³-hybridized carbons (Fsp3) is 0.625. The van der Waals surface area contributed by atoms with Crippen molar-refractivity contribution in [1.29, 1.82) is 0 Å². The van der Waals surface area contributed by atoms with Crippen LogP contribution in [0.3, 0.4) is 0 Å². The maximum absolute atomic E-state index is 6.29. The molecular formula is C16H23BrClN. The van der Waals surface area contributed by atoms with E-state index in [0.717, 1.165) is 34.9 Å². The Morgan fingerprint density at radius 1 is 1.26 bits per heavy atom. The minimum absolute atomic E-state index is 0.434. The van der Waals surface area contributed by atoms with Crippen LogP contribution in [-0.2, 0) is 5.33 Å². The highest BCUT2D eigenvalue weighted by Gasteiger charge is 2.28. The van der Waals surface area contributed by atoms with Gasteiger partial charge >= 0.3 is 0 Å². The average Bonchev–Trinajstić information content (AvgIpc) is 2.38. The average molecular weight is 345 g/mol. The zero-order valence-corrected chi connectivity index (χ0v) is 14.4. The van der Waals surface area contributed by atoms with Crippen molar-refractivity contribution in [3.63, 3.8) is 0 Å². The predicted molar refractivity (Wildman–Crippen MR) is 88.5 cm³/mol. The summed E-state index contributed by atoms with van der Waals surface area (Å²) in [6, 6.07) is 6.43. The van der Waals surface area contributed by atoms with Gasteiger partial charge in [-0.25, -0.2) is 0 Å². The molecule has 0 spiro atoms. The Morgan fingerprint density at radius 2 is 1.89 bits per heavy atom. The van der Waals surface area contributed by atoms with E-state index in [1.54, 1.807) is 0 Å². The molecule has 0 aliphatic carbocycles. The molecule has 3 heteroatoms. The van der Waals surface area contributed by atoms with Gasteiger partial charge in [0.05, 0.1) is 0 Å². The van der Waals surface area contributed by atoms with E-state index < -0.39 is 0 Å². The molecule has 1 nitrogen and oxygen atoms in total. The van der Waals surface area contributed by atoms with Crippen LogP contribution in [0.4, 0.5) is 5.69 Å². The fourth-order valence-electron chi connectivity index (χ4n) is 2.85. The zero-order chi connectivity index (χ0) is 14.0. The molecule has 1 heterocycles. The van der Waals surface area contributed by atoms with Crippen molar-refractivity contribution in [3.05, 3.63) is 28.8 Å². The van der Waals surface area contributed by atoms with E-state index >= 15 is 0 Å². The zero-order valence-electron chi connectivity index (χ0n) is 12.0. The van der Waals surface area contributed by atoms with E-state index in [1.165, 1.54) is 18.5 Å². The SMILES string of the molecule is CC(C)(C)C1CCN(c2ccc(CBr)c(Cl)c2)CC1. The number of anilines is 1. The quantitative estimate of drug-likeness (QED) is 0.640. The normalized spacial score (nSPS) is 17.8. The Balaban J connectivity index is 2.04. The number of alkyl halides is 1. The number of halogens is 2. The van der Waals surface area contributed by atoms with Crippen LogP contribution in [0.5, 0.6) is 0 Å². The first-order valence-electron chi connectivity index (χ1n) is 7.01. The van der Waals surface area contributed by atoms with Crippen LogP contribution in [0.2, 0.25) is 5.02 Å². The third-order valence-electron chi connectivity index (χ3n) is 4.27. The van der Waals surface area contributed by atoms with E-state index in [0.29, 0.717) is 5.41 Å². The second kappa shape index (κ2) is 6.05. The molecule has 106 valence electrons. The Morgan fingerprint density at radius 3 is 2.37 bits per heavy atom. The molecule has 0 bridgehead atoms. The van der Waals surface area contributed by atoms with Gasteiger partial charge in [-0.2, -0.15) is 0 Å². The molecule has 0 atom stereocenters. The maximum atomic E-state index is 6.29. The molecule has 1 aliphatic heterocycles. The van der Waals surface area contributed by atoms with Gasteiger partial charge in [0.25, 0.3) is 0 Å². The summed E-state index contributed by atoms with van der Waals surface area (Å²) in [6.45, 7) is 9.36. The van der Waals surface area contributed by atoms with E-state index in [2.05, 4.69) is 59.8 Å². The lowest BCUT2D eigenvalue weighted by Crippen LogP contribution is -2.38. The summed E-state index contributed by atoms with van der Waals surface area (Å²) in [4.78, 5) is 2.46. The molecule has 1 fully saturated rings. The molecule has 1 aromatic rings. The van der Waals surface area contributed by atoms with E-state index in [-0.39, 0.29) is 0 Å². The Bertz CT molecular complexity index is 431. The van der Waals surface area contributed by atoms with Crippen molar-refractivity contribution in [2.75, 3.05) is 18.0 Å². The van der Waals surface area contributed by atoms with E-state index in [9.17, 15) is 0 Å². The number of hydrogen-bond acceptors (Lipinski definition) is 1. The lowest BCUT2D eigenvalue weighted by atomic mass is 9.75. The largest absolute Gasteiger partial charge is 0.371 e. The van der Waals surface area contributed by atoms with E-state index in [4.69, 9.17) is 11.6 Å². The molecule has 0 amide bonds.